The predicted molar refractivity (Wildman–Crippen MR) is 95.6 cm³/mol. The molecule has 0 radical (unpaired) electrons. The summed E-state index contributed by atoms with van der Waals surface area (Å²) >= 11 is 0. The van der Waals surface area contributed by atoms with E-state index in [0.29, 0.717) is 24.6 Å². The van der Waals surface area contributed by atoms with E-state index in [-0.39, 0.29) is 30.2 Å². The van der Waals surface area contributed by atoms with Crippen molar-refractivity contribution in [3.05, 3.63) is 23.8 Å². The number of hydrogen-bond donors (Lipinski definition) is 1. The number of carbonyl (C=O) groups excluding carboxylic acids is 2. The van der Waals surface area contributed by atoms with Crippen LogP contribution in [0.4, 0.5) is 5.69 Å². The van der Waals surface area contributed by atoms with Gasteiger partial charge in [-0.05, 0) is 31.5 Å². The van der Waals surface area contributed by atoms with Crippen molar-refractivity contribution in [3.8, 4) is 5.75 Å². The van der Waals surface area contributed by atoms with Crippen LogP contribution in [0.25, 0.3) is 0 Å². The molecule has 2 amide bonds. The number of anilines is 1. The summed E-state index contributed by atoms with van der Waals surface area (Å²) in [6.07, 6.45) is 0.903. The molecule has 2 aliphatic heterocycles. The largest absolute Gasteiger partial charge is 0.495 e. The minimum atomic E-state index is -0.387. The lowest BCUT2D eigenvalue weighted by atomic mass is 10.1. The number of amides is 2. The Morgan fingerprint density at radius 2 is 2.12 bits per heavy atom. The van der Waals surface area contributed by atoms with Gasteiger partial charge < -0.3 is 15.0 Å². The van der Waals surface area contributed by atoms with Crippen LogP contribution in [0.15, 0.2) is 23.3 Å². The fourth-order valence-electron chi connectivity index (χ4n) is 3.19. The van der Waals surface area contributed by atoms with E-state index in [0.717, 1.165) is 11.3 Å². The molecular formula is C18H24N4O3. The molecule has 0 aromatic heterocycles. The van der Waals surface area contributed by atoms with Gasteiger partial charge in [0.15, 0.2) is 0 Å². The highest BCUT2D eigenvalue weighted by atomic mass is 16.5. The summed E-state index contributed by atoms with van der Waals surface area (Å²) < 4.78 is 5.37. The molecule has 1 aromatic carbocycles. The average Bonchev–Trinajstić information content (AvgIpc) is 3.10. The molecule has 0 aliphatic carbocycles. The van der Waals surface area contributed by atoms with Crippen LogP contribution in [0.5, 0.6) is 5.75 Å². The van der Waals surface area contributed by atoms with Crippen LogP contribution in [-0.2, 0) is 9.59 Å². The van der Waals surface area contributed by atoms with Crippen LogP contribution in [-0.4, -0.2) is 49.4 Å². The average molecular weight is 344 g/mol. The van der Waals surface area contributed by atoms with E-state index >= 15 is 0 Å². The first-order chi connectivity index (χ1) is 11.9. The van der Waals surface area contributed by atoms with Crippen LogP contribution in [0.2, 0.25) is 0 Å². The van der Waals surface area contributed by atoms with E-state index < -0.39 is 0 Å². The van der Waals surface area contributed by atoms with Gasteiger partial charge in [0.25, 0.3) is 0 Å². The number of methoxy groups -OCH3 is 1. The van der Waals surface area contributed by atoms with Gasteiger partial charge in [0.05, 0.1) is 24.8 Å². The molecule has 7 heteroatoms. The van der Waals surface area contributed by atoms with E-state index in [1.54, 1.807) is 12.0 Å². The Kier molecular flexibility index (Phi) is 4.65. The molecule has 0 saturated carbocycles. The first-order valence-electron chi connectivity index (χ1n) is 8.45. The van der Waals surface area contributed by atoms with E-state index in [2.05, 4.69) is 10.4 Å². The second-order valence-electron chi connectivity index (χ2n) is 6.74. The molecule has 1 aromatic rings. The number of hydrogen-bond acceptors (Lipinski definition) is 5. The van der Waals surface area contributed by atoms with Gasteiger partial charge >= 0.3 is 0 Å². The topological polar surface area (TPSA) is 74.2 Å². The number of amidine groups is 1. The summed E-state index contributed by atoms with van der Waals surface area (Å²) in [5.74, 6) is 0.697. The van der Waals surface area contributed by atoms with Gasteiger partial charge in [-0.1, -0.05) is 6.07 Å². The fraction of sp³-hybridized carbons (Fsp3) is 0.500. The summed E-state index contributed by atoms with van der Waals surface area (Å²) in [6, 6.07) is 5.96. The van der Waals surface area contributed by atoms with Crippen molar-refractivity contribution in [3.63, 3.8) is 0 Å². The molecule has 1 N–H and O–H groups in total. The van der Waals surface area contributed by atoms with Gasteiger partial charge in [0.2, 0.25) is 11.8 Å². The second kappa shape index (κ2) is 6.74. The molecule has 2 heterocycles. The number of benzene rings is 1. The number of ether oxygens (including phenoxy) is 1. The van der Waals surface area contributed by atoms with Crippen molar-refractivity contribution in [2.24, 2.45) is 11.0 Å². The molecule has 0 unspecified atom stereocenters. The Bertz CT molecular complexity index is 731. The van der Waals surface area contributed by atoms with Crippen molar-refractivity contribution >= 4 is 23.3 Å². The van der Waals surface area contributed by atoms with E-state index in [1.807, 2.05) is 44.1 Å². The third-order valence-corrected chi connectivity index (χ3v) is 4.79. The van der Waals surface area contributed by atoms with Crippen LogP contribution >= 0.6 is 0 Å². The lowest BCUT2D eigenvalue weighted by molar-refractivity contribution is -0.125. The molecule has 2 aliphatic rings. The quantitative estimate of drug-likeness (QED) is 0.902. The van der Waals surface area contributed by atoms with E-state index in [4.69, 9.17) is 4.74 Å². The van der Waals surface area contributed by atoms with Gasteiger partial charge in [-0.15, -0.1) is 0 Å². The number of carbonyl (C=O) groups is 2. The van der Waals surface area contributed by atoms with E-state index in [1.165, 1.54) is 0 Å². The number of nitrogens with one attached hydrogen (secondary N) is 1. The van der Waals surface area contributed by atoms with Crippen molar-refractivity contribution < 1.29 is 14.3 Å². The summed E-state index contributed by atoms with van der Waals surface area (Å²) in [6.45, 7) is 4.36. The van der Waals surface area contributed by atoms with Crippen molar-refractivity contribution in [2.75, 3.05) is 25.6 Å². The standard InChI is InChI=1S/C18H24N4O3/c1-11-5-6-15(25-4)14(7-11)22-10-13(9-17(22)23)18(24)19-16-8-12(2)21(3)20-16/h5-7,12-13H,8-10H2,1-4H3,(H,19,20,24)/t12-,13-/m0/s1. The zero-order valence-electron chi connectivity index (χ0n) is 15.1. The SMILES string of the molecule is COc1ccc(C)cc1N1C[C@@H](C(=O)NC2=NN(C)[C@@H](C)C2)CC1=O. The van der Waals surface area contributed by atoms with Crippen LogP contribution < -0.4 is 15.0 Å². The number of hydrazone groups is 1. The van der Waals surface area contributed by atoms with Gasteiger partial charge in [-0.2, -0.15) is 5.10 Å². The predicted octanol–water partition coefficient (Wildman–Crippen LogP) is 1.51. The maximum Gasteiger partial charge on any atom is 0.230 e. The Labute approximate surface area is 147 Å². The molecule has 7 nitrogen and oxygen atoms in total. The lowest BCUT2D eigenvalue weighted by Crippen LogP contribution is -2.36. The summed E-state index contributed by atoms with van der Waals surface area (Å²) in [4.78, 5) is 26.6. The molecule has 0 bridgehead atoms. The molecule has 1 fully saturated rings. The second-order valence-corrected chi connectivity index (χ2v) is 6.74. The zero-order valence-corrected chi connectivity index (χ0v) is 15.1. The first-order valence-corrected chi connectivity index (χ1v) is 8.45. The normalized spacial score (nSPS) is 23.0. The number of aryl methyl sites for hydroxylation is 1. The van der Waals surface area contributed by atoms with Crippen LogP contribution in [0.1, 0.15) is 25.3 Å². The maximum absolute atomic E-state index is 12.5. The minimum Gasteiger partial charge on any atom is -0.495 e. The first kappa shape index (κ1) is 17.3. The van der Waals surface area contributed by atoms with Crippen molar-refractivity contribution in [1.29, 1.82) is 0 Å². The highest BCUT2D eigenvalue weighted by Gasteiger charge is 2.37. The maximum atomic E-state index is 12.5. The highest BCUT2D eigenvalue weighted by molar-refractivity contribution is 6.05. The molecule has 2 atom stereocenters. The van der Waals surface area contributed by atoms with Crippen molar-refractivity contribution in [2.45, 2.75) is 32.7 Å². The van der Waals surface area contributed by atoms with Gasteiger partial charge in [0, 0.05) is 26.4 Å². The van der Waals surface area contributed by atoms with Gasteiger partial charge in [0.1, 0.15) is 11.6 Å². The molecule has 0 spiro atoms. The molecule has 1 saturated heterocycles. The zero-order chi connectivity index (χ0) is 18.1. The molecule has 3 rings (SSSR count). The minimum absolute atomic E-state index is 0.0668. The Morgan fingerprint density at radius 3 is 2.76 bits per heavy atom. The van der Waals surface area contributed by atoms with Gasteiger partial charge in [-0.25, -0.2) is 0 Å². The molecule has 25 heavy (non-hydrogen) atoms. The lowest BCUT2D eigenvalue weighted by Gasteiger charge is -2.20. The monoisotopic (exact) mass is 344 g/mol. The van der Waals surface area contributed by atoms with Crippen LogP contribution in [0, 0.1) is 12.8 Å². The Hall–Kier alpha value is -2.57. The highest BCUT2D eigenvalue weighted by Crippen LogP contribution is 2.34. The summed E-state index contributed by atoms with van der Waals surface area (Å²) in [7, 11) is 3.46. The number of rotatable bonds is 3. The smallest absolute Gasteiger partial charge is 0.230 e. The Balaban J connectivity index is 1.71. The summed E-state index contributed by atoms with van der Waals surface area (Å²) in [5, 5.41) is 9.02. The summed E-state index contributed by atoms with van der Waals surface area (Å²) in [5.41, 5.74) is 1.75. The Morgan fingerprint density at radius 1 is 1.36 bits per heavy atom. The van der Waals surface area contributed by atoms with E-state index in [9.17, 15) is 9.59 Å². The third-order valence-electron chi connectivity index (χ3n) is 4.79. The molecular weight excluding hydrogens is 320 g/mol. The molecule has 134 valence electrons. The van der Waals surface area contributed by atoms with Crippen molar-refractivity contribution in [1.82, 2.24) is 10.3 Å². The van der Waals surface area contributed by atoms with Gasteiger partial charge in [-0.3, -0.25) is 14.6 Å². The third kappa shape index (κ3) is 3.45. The fourth-order valence-corrected chi connectivity index (χ4v) is 3.19. The van der Waals surface area contributed by atoms with Crippen LogP contribution in [0.3, 0.4) is 0 Å². The number of nitrogens with zero attached hydrogens (tertiary/aromatic N) is 3.